The summed E-state index contributed by atoms with van der Waals surface area (Å²) in [4.78, 5) is 21.9. The summed E-state index contributed by atoms with van der Waals surface area (Å²) in [6, 6.07) is 6.03. The van der Waals surface area contributed by atoms with Gasteiger partial charge in [-0.2, -0.15) is 0 Å². The maximum Gasteiger partial charge on any atom is 0.217 e. The van der Waals surface area contributed by atoms with Crippen LogP contribution in [-0.2, 0) is 4.79 Å². The van der Waals surface area contributed by atoms with Gasteiger partial charge in [0.15, 0.2) is 5.78 Å². The lowest BCUT2D eigenvalue weighted by molar-refractivity contribution is -0.118. The monoisotopic (exact) mass is 207 g/mol. The molecule has 80 valence electrons. The minimum atomic E-state index is -0.395. The number of phenols is 1. The van der Waals surface area contributed by atoms with Crippen LogP contribution in [0.25, 0.3) is 0 Å². The van der Waals surface area contributed by atoms with Gasteiger partial charge in [-0.25, -0.2) is 0 Å². The molecule has 4 nitrogen and oxygen atoms in total. The minimum Gasteiger partial charge on any atom is -0.508 e. The molecule has 1 rings (SSSR count). The molecule has 0 radical (unpaired) electrons. The molecular formula is C11H13NO3. The van der Waals surface area contributed by atoms with Crippen LogP contribution >= 0.6 is 0 Å². The van der Waals surface area contributed by atoms with E-state index < -0.39 is 5.91 Å². The number of rotatable bonds is 5. The molecular weight excluding hydrogens is 194 g/mol. The average molecular weight is 207 g/mol. The molecule has 0 aliphatic heterocycles. The molecule has 0 aromatic heterocycles. The van der Waals surface area contributed by atoms with Gasteiger partial charge in [0.25, 0.3) is 0 Å². The molecule has 0 bridgehead atoms. The molecule has 1 aromatic carbocycles. The van der Waals surface area contributed by atoms with Crippen molar-refractivity contribution in [3.63, 3.8) is 0 Å². The van der Waals surface area contributed by atoms with E-state index in [1.54, 1.807) is 12.1 Å². The van der Waals surface area contributed by atoms with Crippen LogP contribution in [0.2, 0.25) is 0 Å². The van der Waals surface area contributed by atoms with Gasteiger partial charge < -0.3 is 10.8 Å². The Morgan fingerprint density at radius 3 is 2.27 bits per heavy atom. The highest BCUT2D eigenvalue weighted by atomic mass is 16.3. The lowest BCUT2D eigenvalue weighted by Gasteiger charge is -2.00. The molecule has 15 heavy (non-hydrogen) atoms. The SMILES string of the molecule is NC(=O)CCCC(=O)c1ccc(O)cc1. The second kappa shape index (κ2) is 5.14. The van der Waals surface area contributed by atoms with Crippen molar-refractivity contribution in [1.82, 2.24) is 0 Å². The number of hydrogen-bond acceptors (Lipinski definition) is 3. The standard InChI is InChI=1S/C11H13NO3/c12-11(15)3-1-2-10(14)8-4-6-9(13)7-5-8/h4-7,13H,1-3H2,(H2,12,15). The van der Waals surface area contributed by atoms with Gasteiger partial charge in [-0.05, 0) is 30.7 Å². The summed E-state index contributed by atoms with van der Waals surface area (Å²) in [6.07, 6.45) is 0.993. The Kier molecular flexibility index (Phi) is 3.85. The predicted molar refractivity (Wildman–Crippen MR) is 55.5 cm³/mol. The van der Waals surface area contributed by atoms with Crippen LogP contribution in [0, 0.1) is 0 Å². The first-order valence-electron chi connectivity index (χ1n) is 4.70. The number of ketones is 1. The van der Waals surface area contributed by atoms with Gasteiger partial charge in [0, 0.05) is 18.4 Å². The van der Waals surface area contributed by atoms with E-state index in [9.17, 15) is 9.59 Å². The van der Waals surface area contributed by atoms with Gasteiger partial charge in [0.05, 0.1) is 0 Å². The Labute approximate surface area is 87.7 Å². The molecule has 0 heterocycles. The van der Waals surface area contributed by atoms with Gasteiger partial charge in [-0.15, -0.1) is 0 Å². The number of benzene rings is 1. The molecule has 0 atom stereocenters. The lowest BCUT2D eigenvalue weighted by atomic mass is 10.1. The van der Waals surface area contributed by atoms with E-state index >= 15 is 0 Å². The van der Waals surface area contributed by atoms with Crippen molar-refractivity contribution in [1.29, 1.82) is 0 Å². The third-order valence-electron chi connectivity index (χ3n) is 2.02. The van der Waals surface area contributed by atoms with E-state index in [0.717, 1.165) is 0 Å². The van der Waals surface area contributed by atoms with Crippen LogP contribution < -0.4 is 5.73 Å². The fourth-order valence-electron chi connectivity index (χ4n) is 1.21. The van der Waals surface area contributed by atoms with E-state index in [0.29, 0.717) is 18.4 Å². The van der Waals surface area contributed by atoms with Gasteiger partial charge in [-0.1, -0.05) is 0 Å². The number of carbonyl (C=O) groups excluding carboxylic acids is 2. The van der Waals surface area contributed by atoms with E-state index in [4.69, 9.17) is 10.8 Å². The Hall–Kier alpha value is -1.84. The van der Waals surface area contributed by atoms with E-state index in [1.807, 2.05) is 0 Å². The van der Waals surface area contributed by atoms with Crippen LogP contribution in [0.1, 0.15) is 29.6 Å². The molecule has 1 amide bonds. The van der Waals surface area contributed by atoms with Crippen molar-refractivity contribution >= 4 is 11.7 Å². The first-order chi connectivity index (χ1) is 7.09. The Morgan fingerprint density at radius 1 is 1.13 bits per heavy atom. The maximum atomic E-state index is 11.5. The van der Waals surface area contributed by atoms with E-state index in [1.165, 1.54) is 12.1 Å². The molecule has 3 N–H and O–H groups in total. The number of amides is 1. The lowest BCUT2D eigenvalue weighted by Crippen LogP contribution is -2.10. The molecule has 0 aliphatic rings. The average Bonchev–Trinajstić information content (AvgIpc) is 2.18. The summed E-state index contributed by atoms with van der Waals surface area (Å²) in [5.74, 6) is -0.312. The number of aromatic hydroxyl groups is 1. The van der Waals surface area contributed by atoms with Crippen LogP contribution in [0.15, 0.2) is 24.3 Å². The predicted octanol–water partition coefficient (Wildman–Crippen LogP) is 1.23. The van der Waals surface area contributed by atoms with Crippen molar-refractivity contribution in [3.05, 3.63) is 29.8 Å². The summed E-state index contributed by atoms with van der Waals surface area (Å²) < 4.78 is 0. The molecule has 0 aliphatic carbocycles. The van der Waals surface area contributed by atoms with Crippen molar-refractivity contribution in [2.45, 2.75) is 19.3 Å². The maximum absolute atomic E-state index is 11.5. The van der Waals surface area contributed by atoms with Crippen molar-refractivity contribution in [3.8, 4) is 5.75 Å². The zero-order chi connectivity index (χ0) is 11.3. The largest absolute Gasteiger partial charge is 0.508 e. The third-order valence-corrected chi connectivity index (χ3v) is 2.02. The number of nitrogens with two attached hydrogens (primary N) is 1. The Balaban J connectivity index is 2.47. The molecule has 0 spiro atoms. The summed E-state index contributed by atoms with van der Waals surface area (Å²) in [5, 5.41) is 9.01. The summed E-state index contributed by atoms with van der Waals surface area (Å²) in [5.41, 5.74) is 5.49. The first kappa shape index (κ1) is 11.2. The fourth-order valence-corrected chi connectivity index (χ4v) is 1.21. The summed E-state index contributed by atoms with van der Waals surface area (Å²) in [7, 11) is 0. The first-order valence-corrected chi connectivity index (χ1v) is 4.70. The number of primary amides is 1. The van der Waals surface area contributed by atoms with Crippen LogP contribution in [0.5, 0.6) is 5.75 Å². The second-order valence-corrected chi connectivity index (χ2v) is 3.29. The Morgan fingerprint density at radius 2 is 1.73 bits per heavy atom. The zero-order valence-corrected chi connectivity index (χ0v) is 8.27. The summed E-state index contributed by atoms with van der Waals surface area (Å²) >= 11 is 0. The van der Waals surface area contributed by atoms with Gasteiger partial charge in [-0.3, -0.25) is 9.59 Å². The van der Waals surface area contributed by atoms with Gasteiger partial charge in [0.2, 0.25) is 5.91 Å². The highest BCUT2D eigenvalue weighted by Crippen LogP contribution is 2.12. The highest BCUT2D eigenvalue weighted by molar-refractivity contribution is 5.96. The van der Waals surface area contributed by atoms with Crippen LogP contribution in [0.3, 0.4) is 0 Å². The number of hydrogen-bond donors (Lipinski definition) is 2. The topological polar surface area (TPSA) is 80.4 Å². The molecule has 0 saturated heterocycles. The van der Waals surface area contributed by atoms with Crippen LogP contribution in [0.4, 0.5) is 0 Å². The third kappa shape index (κ3) is 3.81. The normalized spacial score (nSPS) is 9.87. The fraction of sp³-hybridized carbons (Fsp3) is 0.273. The van der Waals surface area contributed by atoms with E-state index in [2.05, 4.69) is 0 Å². The zero-order valence-electron chi connectivity index (χ0n) is 8.27. The van der Waals surface area contributed by atoms with Crippen molar-refractivity contribution < 1.29 is 14.7 Å². The molecule has 4 heteroatoms. The van der Waals surface area contributed by atoms with Crippen molar-refractivity contribution in [2.75, 3.05) is 0 Å². The van der Waals surface area contributed by atoms with Crippen molar-refractivity contribution in [2.24, 2.45) is 5.73 Å². The molecule has 0 fully saturated rings. The number of carbonyl (C=O) groups is 2. The van der Waals surface area contributed by atoms with Gasteiger partial charge >= 0.3 is 0 Å². The highest BCUT2D eigenvalue weighted by Gasteiger charge is 2.06. The van der Waals surface area contributed by atoms with E-state index in [-0.39, 0.29) is 18.0 Å². The molecule has 1 aromatic rings. The quantitative estimate of drug-likeness (QED) is 0.712. The van der Waals surface area contributed by atoms with Crippen LogP contribution in [-0.4, -0.2) is 16.8 Å². The Bertz CT molecular complexity index is 357. The number of Topliss-reactive ketones (excluding diaryl/α,β-unsaturated/α-hetero) is 1. The second-order valence-electron chi connectivity index (χ2n) is 3.29. The summed E-state index contributed by atoms with van der Waals surface area (Å²) in [6.45, 7) is 0. The molecule has 0 saturated carbocycles. The number of phenolic OH excluding ortho intramolecular Hbond substituents is 1. The molecule has 0 unspecified atom stereocenters. The smallest absolute Gasteiger partial charge is 0.217 e. The minimum absolute atomic E-state index is 0.0451. The van der Waals surface area contributed by atoms with Gasteiger partial charge in [0.1, 0.15) is 5.75 Å².